The Balaban J connectivity index is 1.53. The Hall–Kier alpha value is -3.95. The molecule has 162 valence electrons. The molecule has 34 heavy (non-hydrogen) atoms. The first kappa shape index (κ1) is 19.5. The number of aromatic nitrogens is 2. The lowest BCUT2D eigenvalue weighted by Gasteiger charge is -2.08. The van der Waals surface area contributed by atoms with Gasteiger partial charge >= 0.3 is 0 Å². The first-order valence-electron chi connectivity index (χ1n) is 11.6. The molecular formula is C31H23N2S+. The van der Waals surface area contributed by atoms with Crippen LogP contribution in [0.3, 0.4) is 0 Å². The van der Waals surface area contributed by atoms with Gasteiger partial charge in [-0.2, -0.15) is 4.57 Å². The fourth-order valence-electron chi connectivity index (χ4n) is 5.36. The molecule has 0 saturated carbocycles. The van der Waals surface area contributed by atoms with Crippen LogP contribution in [0, 0.1) is 6.92 Å². The van der Waals surface area contributed by atoms with Crippen LogP contribution in [0.15, 0.2) is 103 Å². The fraction of sp³-hybridized carbons (Fsp3) is 0.0645. The number of hydrogen-bond acceptors (Lipinski definition) is 1. The van der Waals surface area contributed by atoms with Gasteiger partial charge in [-0.05, 0) is 42.8 Å². The molecule has 7 rings (SSSR count). The number of rotatable bonds is 2. The topological polar surface area (TPSA) is 8.81 Å². The van der Waals surface area contributed by atoms with Crippen LogP contribution in [0.1, 0.15) is 5.56 Å². The second-order valence-electron chi connectivity index (χ2n) is 8.99. The number of fused-ring (bicyclic) bond motifs is 6. The van der Waals surface area contributed by atoms with Crippen LogP contribution in [-0.4, -0.2) is 4.57 Å². The van der Waals surface area contributed by atoms with Crippen LogP contribution in [0.4, 0.5) is 0 Å². The number of nitrogens with zero attached hydrogens (tertiary/aromatic N) is 2. The van der Waals surface area contributed by atoms with E-state index in [0.717, 1.165) is 0 Å². The summed E-state index contributed by atoms with van der Waals surface area (Å²) in [7, 11) is 2.15. The van der Waals surface area contributed by atoms with Crippen molar-refractivity contribution in [1.29, 1.82) is 0 Å². The first-order chi connectivity index (χ1) is 16.7. The van der Waals surface area contributed by atoms with Gasteiger partial charge in [0.15, 0.2) is 6.20 Å². The van der Waals surface area contributed by atoms with Crippen LogP contribution < -0.4 is 4.57 Å². The molecule has 2 nitrogen and oxygen atoms in total. The monoisotopic (exact) mass is 455 g/mol. The molecule has 0 amide bonds. The average Bonchev–Trinajstić information content (AvgIpc) is 3.40. The number of benzene rings is 4. The van der Waals surface area contributed by atoms with Gasteiger partial charge in [-0.15, -0.1) is 11.3 Å². The number of thiophene rings is 1. The summed E-state index contributed by atoms with van der Waals surface area (Å²) in [5.41, 5.74) is 7.58. The van der Waals surface area contributed by atoms with Gasteiger partial charge in [0.2, 0.25) is 5.69 Å². The van der Waals surface area contributed by atoms with Crippen molar-refractivity contribution in [3.05, 3.63) is 109 Å². The van der Waals surface area contributed by atoms with Gasteiger partial charge in [-0.3, -0.25) is 0 Å². The fourth-order valence-corrected chi connectivity index (χ4v) is 6.68. The highest BCUT2D eigenvalue weighted by molar-refractivity contribution is 7.26. The van der Waals surface area contributed by atoms with E-state index in [1.165, 1.54) is 64.5 Å². The lowest BCUT2D eigenvalue weighted by molar-refractivity contribution is -0.659. The van der Waals surface area contributed by atoms with Gasteiger partial charge in [-0.1, -0.05) is 60.7 Å². The van der Waals surface area contributed by atoms with Crippen molar-refractivity contribution in [2.24, 2.45) is 7.05 Å². The quantitative estimate of drug-likeness (QED) is 0.234. The smallest absolute Gasteiger partial charge is 0.230 e. The van der Waals surface area contributed by atoms with E-state index in [4.69, 9.17) is 0 Å². The van der Waals surface area contributed by atoms with E-state index in [0.29, 0.717) is 0 Å². The molecule has 0 saturated heterocycles. The Bertz CT molecular complexity index is 1830. The third-order valence-electron chi connectivity index (χ3n) is 6.98. The summed E-state index contributed by atoms with van der Waals surface area (Å²) in [6.07, 6.45) is 2.19. The van der Waals surface area contributed by atoms with Crippen LogP contribution in [-0.2, 0) is 7.05 Å². The Morgan fingerprint density at radius 3 is 2.09 bits per heavy atom. The first-order valence-corrected chi connectivity index (χ1v) is 12.4. The zero-order chi connectivity index (χ0) is 22.8. The van der Waals surface area contributed by atoms with Crippen molar-refractivity contribution in [2.75, 3.05) is 0 Å². The van der Waals surface area contributed by atoms with Crippen LogP contribution in [0.25, 0.3) is 58.9 Å². The molecule has 3 heteroatoms. The van der Waals surface area contributed by atoms with Gasteiger partial charge in [0.1, 0.15) is 11.7 Å². The molecule has 0 aliphatic rings. The van der Waals surface area contributed by atoms with Crippen molar-refractivity contribution in [3.8, 4) is 16.9 Å². The van der Waals surface area contributed by atoms with Crippen LogP contribution in [0.5, 0.6) is 0 Å². The molecule has 0 aliphatic heterocycles. The minimum Gasteiger partial charge on any atom is -0.309 e. The van der Waals surface area contributed by atoms with E-state index >= 15 is 0 Å². The summed E-state index contributed by atoms with van der Waals surface area (Å²) in [5.74, 6) is 0. The van der Waals surface area contributed by atoms with E-state index in [9.17, 15) is 0 Å². The molecule has 3 heterocycles. The second kappa shape index (κ2) is 7.28. The van der Waals surface area contributed by atoms with Crippen molar-refractivity contribution in [2.45, 2.75) is 6.92 Å². The van der Waals surface area contributed by atoms with Gasteiger partial charge in [0.25, 0.3) is 0 Å². The van der Waals surface area contributed by atoms with Crippen LogP contribution in [0.2, 0.25) is 0 Å². The zero-order valence-corrected chi connectivity index (χ0v) is 19.9. The lowest BCUT2D eigenvalue weighted by Crippen LogP contribution is -2.30. The summed E-state index contributed by atoms with van der Waals surface area (Å²) >= 11 is 1.89. The number of pyridine rings is 1. The van der Waals surface area contributed by atoms with Gasteiger partial charge in [-0.25, -0.2) is 0 Å². The summed E-state index contributed by atoms with van der Waals surface area (Å²) in [5, 5.41) is 5.23. The van der Waals surface area contributed by atoms with Crippen molar-refractivity contribution >= 4 is 53.3 Å². The zero-order valence-electron chi connectivity index (χ0n) is 19.1. The third kappa shape index (κ3) is 2.71. The summed E-state index contributed by atoms with van der Waals surface area (Å²) in [4.78, 5) is 0. The predicted molar refractivity (Wildman–Crippen MR) is 145 cm³/mol. The maximum absolute atomic E-state index is 2.40. The molecule has 3 aromatic heterocycles. The standard InChI is InChI=1S/C31H23N2S/c1-20-9-3-4-10-22(20)30-31-26(17-18-32(30)2)25-16-15-21(19-29(25)34-31)33-27-13-7-5-11-23(27)24-12-6-8-14-28(24)33/h3-19H,1-2H3/q+1. The van der Waals surface area contributed by atoms with E-state index in [1.54, 1.807) is 0 Å². The number of aryl methyl sites for hydroxylation is 2. The van der Waals surface area contributed by atoms with Crippen molar-refractivity contribution < 1.29 is 4.57 Å². The maximum Gasteiger partial charge on any atom is 0.230 e. The molecule has 0 aliphatic carbocycles. The van der Waals surface area contributed by atoms with Crippen LogP contribution >= 0.6 is 11.3 Å². The lowest BCUT2D eigenvalue weighted by atomic mass is 10.0. The maximum atomic E-state index is 2.40. The SMILES string of the molecule is Cc1ccccc1-c1c2sc3cc(-n4c5ccccc5c5ccccc54)ccc3c2cc[n+]1C. The molecule has 0 bridgehead atoms. The summed E-state index contributed by atoms with van der Waals surface area (Å²) in [6, 6.07) is 35.3. The minimum atomic E-state index is 1.21. The van der Waals surface area contributed by atoms with Gasteiger partial charge < -0.3 is 4.57 Å². The highest BCUT2D eigenvalue weighted by Gasteiger charge is 2.21. The molecule has 0 fully saturated rings. The molecule has 0 N–H and O–H groups in total. The molecular weight excluding hydrogens is 432 g/mol. The molecule has 0 radical (unpaired) electrons. The molecule has 0 spiro atoms. The summed E-state index contributed by atoms with van der Waals surface area (Å²) in [6.45, 7) is 2.20. The average molecular weight is 456 g/mol. The largest absolute Gasteiger partial charge is 0.309 e. The number of para-hydroxylation sites is 2. The third-order valence-corrected chi connectivity index (χ3v) is 8.16. The van der Waals surface area contributed by atoms with E-state index in [1.807, 2.05) is 11.3 Å². The second-order valence-corrected chi connectivity index (χ2v) is 10.0. The Kier molecular flexibility index (Phi) is 4.18. The van der Waals surface area contributed by atoms with Crippen molar-refractivity contribution in [1.82, 2.24) is 4.57 Å². The van der Waals surface area contributed by atoms with Crippen molar-refractivity contribution in [3.63, 3.8) is 0 Å². The highest BCUT2D eigenvalue weighted by Crippen LogP contribution is 2.40. The Morgan fingerprint density at radius 2 is 1.35 bits per heavy atom. The van der Waals surface area contributed by atoms with E-state index < -0.39 is 0 Å². The van der Waals surface area contributed by atoms with Gasteiger partial charge in [0.05, 0.1) is 16.6 Å². The minimum absolute atomic E-state index is 1.21. The molecule has 0 atom stereocenters. The molecule has 0 unspecified atom stereocenters. The Morgan fingerprint density at radius 1 is 0.676 bits per heavy atom. The number of hydrogen-bond donors (Lipinski definition) is 0. The summed E-state index contributed by atoms with van der Waals surface area (Å²) < 4.78 is 7.31. The predicted octanol–water partition coefficient (Wildman–Crippen LogP) is 7.95. The molecule has 7 aromatic rings. The van der Waals surface area contributed by atoms with Gasteiger partial charge in [0, 0.05) is 38.0 Å². The molecule has 4 aromatic carbocycles. The normalized spacial score (nSPS) is 11.8. The van der Waals surface area contributed by atoms with E-state index in [2.05, 4.69) is 126 Å². The highest BCUT2D eigenvalue weighted by atomic mass is 32.1. The Labute approximate surface area is 201 Å². The van der Waals surface area contributed by atoms with E-state index in [-0.39, 0.29) is 0 Å².